The summed E-state index contributed by atoms with van der Waals surface area (Å²) in [5.41, 5.74) is 2.53. The lowest BCUT2D eigenvalue weighted by molar-refractivity contribution is -0.140. The van der Waals surface area contributed by atoms with Gasteiger partial charge in [0.1, 0.15) is 17.3 Å². The highest BCUT2D eigenvalue weighted by atomic mass is 16.5. The summed E-state index contributed by atoms with van der Waals surface area (Å²) in [5, 5.41) is 20.9. The van der Waals surface area contributed by atoms with E-state index in [0.29, 0.717) is 16.9 Å². The number of hydrogen-bond acceptors (Lipinski definition) is 6. The minimum absolute atomic E-state index is 0.00542. The van der Waals surface area contributed by atoms with E-state index >= 15 is 0 Å². The molecule has 1 saturated heterocycles. The second-order valence-electron chi connectivity index (χ2n) is 7.56. The Morgan fingerprint density at radius 1 is 1.12 bits per heavy atom. The molecule has 1 fully saturated rings. The maximum atomic E-state index is 13.1. The van der Waals surface area contributed by atoms with Gasteiger partial charge in [-0.3, -0.25) is 14.6 Å². The SMILES string of the molecule is COc1ccc(C(O)=C2C(=O)C(=O)N(Cc3cccnc3)[C@@H]2c2ccc(O)cc2)cc1C. The van der Waals surface area contributed by atoms with Crippen LogP contribution < -0.4 is 4.74 Å². The third-order valence-electron chi connectivity index (χ3n) is 5.49. The first-order chi connectivity index (χ1) is 15.4. The molecule has 1 amide bonds. The van der Waals surface area contributed by atoms with Crippen molar-refractivity contribution in [1.82, 2.24) is 9.88 Å². The highest BCUT2D eigenvalue weighted by molar-refractivity contribution is 6.46. The molecule has 0 aliphatic carbocycles. The number of benzene rings is 2. The molecule has 7 nitrogen and oxygen atoms in total. The van der Waals surface area contributed by atoms with Crippen molar-refractivity contribution in [2.75, 3.05) is 7.11 Å². The highest BCUT2D eigenvalue weighted by Gasteiger charge is 2.46. The molecule has 0 spiro atoms. The van der Waals surface area contributed by atoms with E-state index in [-0.39, 0.29) is 23.6 Å². The zero-order chi connectivity index (χ0) is 22.8. The first-order valence-corrected chi connectivity index (χ1v) is 10.0. The number of aromatic hydroxyl groups is 1. The summed E-state index contributed by atoms with van der Waals surface area (Å²) in [6.07, 6.45) is 3.25. The number of aliphatic hydroxyl groups excluding tert-OH is 1. The number of aromatic nitrogens is 1. The normalized spacial score (nSPS) is 17.6. The summed E-state index contributed by atoms with van der Waals surface area (Å²) in [4.78, 5) is 31.6. The number of aryl methyl sites for hydroxylation is 1. The number of likely N-dealkylation sites (tertiary alicyclic amines) is 1. The Morgan fingerprint density at radius 2 is 1.88 bits per heavy atom. The van der Waals surface area contributed by atoms with Crippen LogP contribution >= 0.6 is 0 Å². The zero-order valence-corrected chi connectivity index (χ0v) is 17.6. The topological polar surface area (TPSA) is 100.0 Å². The molecule has 1 atom stereocenters. The van der Waals surface area contributed by atoms with Crippen LogP contribution in [0.25, 0.3) is 5.76 Å². The average Bonchev–Trinajstić information content (AvgIpc) is 3.04. The van der Waals surface area contributed by atoms with E-state index in [9.17, 15) is 19.8 Å². The maximum absolute atomic E-state index is 13.1. The number of Topliss-reactive ketones (excluding diaryl/α,β-unsaturated/α-hetero) is 1. The lowest BCUT2D eigenvalue weighted by Gasteiger charge is -2.25. The Bertz CT molecular complexity index is 1200. The lowest BCUT2D eigenvalue weighted by atomic mass is 9.94. The van der Waals surface area contributed by atoms with Crippen LogP contribution in [-0.4, -0.2) is 38.9 Å². The summed E-state index contributed by atoms with van der Waals surface area (Å²) >= 11 is 0. The predicted molar refractivity (Wildman–Crippen MR) is 118 cm³/mol. The van der Waals surface area contributed by atoms with Crippen LogP contribution in [-0.2, 0) is 16.1 Å². The van der Waals surface area contributed by atoms with Gasteiger partial charge in [0.25, 0.3) is 11.7 Å². The number of pyridine rings is 1. The number of hydrogen-bond donors (Lipinski definition) is 2. The minimum atomic E-state index is -0.821. The number of amides is 1. The van der Waals surface area contributed by atoms with Crippen molar-refractivity contribution in [3.63, 3.8) is 0 Å². The Kier molecular flexibility index (Phi) is 5.64. The molecule has 32 heavy (non-hydrogen) atoms. The molecule has 1 aromatic heterocycles. The molecule has 0 radical (unpaired) electrons. The van der Waals surface area contributed by atoms with E-state index in [1.54, 1.807) is 55.9 Å². The summed E-state index contributed by atoms with van der Waals surface area (Å²) in [7, 11) is 1.55. The van der Waals surface area contributed by atoms with E-state index in [1.807, 2.05) is 13.0 Å². The van der Waals surface area contributed by atoms with Crippen molar-refractivity contribution in [1.29, 1.82) is 0 Å². The van der Waals surface area contributed by atoms with E-state index in [4.69, 9.17) is 4.74 Å². The van der Waals surface area contributed by atoms with Gasteiger partial charge in [-0.2, -0.15) is 0 Å². The molecule has 2 heterocycles. The second-order valence-corrected chi connectivity index (χ2v) is 7.56. The Labute approximate surface area is 185 Å². The van der Waals surface area contributed by atoms with Crippen molar-refractivity contribution < 1.29 is 24.5 Å². The summed E-state index contributed by atoms with van der Waals surface area (Å²) in [5.74, 6) is -1.03. The standard InChI is InChI=1S/C25H22N2O5/c1-15-12-18(7-10-20(15)32-2)23(29)21-22(17-5-8-19(28)9-6-17)27(25(31)24(21)30)14-16-4-3-11-26-13-16/h3-13,22,28-29H,14H2,1-2H3/t22-/m1/s1. The van der Waals surface area contributed by atoms with Crippen LogP contribution in [0.1, 0.15) is 28.3 Å². The molecular weight excluding hydrogens is 408 g/mol. The fourth-order valence-corrected chi connectivity index (χ4v) is 3.92. The second kappa shape index (κ2) is 8.55. The van der Waals surface area contributed by atoms with Gasteiger partial charge in [-0.25, -0.2) is 0 Å². The van der Waals surface area contributed by atoms with Gasteiger partial charge >= 0.3 is 0 Å². The van der Waals surface area contributed by atoms with E-state index in [2.05, 4.69) is 4.98 Å². The molecule has 3 aromatic rings. The number of rotatable bonds is 5. The molecule has 0 saturated carbocycles. The molecular formula is C25H22N2O5. The van der Waals surface area contributed by atoms with Gasteiger partial charge in [-0.05, 0) is 60.0 Å². The molecule has 162 valence electrons. The third-order valence-corrected chi connectivity index (χ3v) is 5.49. The summed E-state index contributed by atoms with van der Waals surface area (Å²) in [6, 6.07) is 14.0. The van der Waals surface area contributed by atoms with Gasteiger partial charge in [-0.1, -0.05) is 18.2 Å². The quantitative estimate of drug-likeness (QED) is 0.364. The van der Waals surface area contributed by atoms with Crippen molar-refractivity contribution in [2.45, 2.75) is 19.5 Å². The molecule has 0 unspecified atom stereocenters. The Balaban J connectivity index is 1.86. The number of nitrogens with zero attached hydrogens (tertiary/aromatic N) is 2. The van der Waals surface area contributed by atoms with Crippen LogP contribution in [0.4, 0.5) is 0 Å². The highest BCUT2D eigenvalue weighted by Crippen LogP contribution is 2.41. The Morgan fingerprint density at radius 3 is 2.50 bits per heavy atom. The fraction of sp³-hybridized carbons (Fsp3) is 0.160. The van der Waals surface area contributed by atoms with E-state index < -0.39 is 17.7 Å². The smallest absolute Gasteiger partial charge is 0.295 e. The van der Waals surface area contributed by atoms with Crippen LogP contribution in [0.5, 0.6) is 11.5 Å². The van der Waals surface area contributed by atoms with Crippen LogP contribution in [0.3, 0.4) is 0 Å². The molecule has 7 heteroatoms. The lowest BCUT2D eigenvalue weighted by Crippen LogP contribution is -2.29. The molecule has 1 aliphatic heterocycles. The number of carbonyl (C=O) groups is 2. The van der Waals surface area contributed by atoms with Crippen molar-refractivity contribution in [3.8, 4) is 11.5 Å². The first-order valence-electron chi connectivity index (χ1n) is 10.0. The summed E-state index contributed by atoms with van der Waals surface area (Å²) < 4.78 is 5.27. The molecule has 4 rings (SSSR count). The van der Waals surface area contributed by atoms with Gasteiger partial charge in [0.2, 0.25) is 0 Å². The van der Waals surface area contributed by atoms with Crippen molar-refractivity contribution in [3.05, 3.63) is 94.8 Å². The zero-order valence-electron chi connectivity index (χ0n) is 17.6. The first kappa shape index (κ1) is 21.1. The molecule has 0 bridgehead atoms. The van der Waals surface area contributed by atoms with E-state index in [0.717, 1.165) is 11.1 Å². The molecule has 2 aromatic carbocycles. The van der Waals surface area contributed by atoms with Gasteiger partial charge in [0.15, 0.2) is 0 Å². The van der Waals surface area contributed by atoms with Gasteiger partial charge in [-0.15, -0.1) is 0 Å². The maximum Gasteiger partial charge on any atom is 0.295 e. The van der Waals surface area contributed by atoms with Gasteiger partial charge < -0.3 is 19.8 Å². The van der Waals surface area contributed by atoms with Crippen LogP contribution in [0.15, 0.2) is 72.6 Å². The van der Waals surface area contributed by atoms with Gasteiger partial charge in [0.05, 0.1) is 18.7 Å². The molecule has 1 aliphatic rings. The third kappa shape index (κ3) is 3.80. The number of phenolic OH excluding ortho intramolecular Hbond substituents is 1. The van der Waals surface area contributed by atoms with Crippen LogP contribution in [0.2, 0.25) is 0 Å². The van der Waals surface area contributed by atoms with Crippen molar-refractivity contribution >= 4 is 17.4 Å². The number of aliphatic hydroxyl groups is 1. The average molecular weight is 430 g/mol. The van der Waals surface area contributed by atoms with Crippen molar-refractivity contribution in [2.24, 2.45) is 0 Å². The van der Waals surface area contributed by atoms with Crippen LogP contribution in [0, 0.1) is 6.92 Å². The fourth-order valence-electron chi connectivity index (χ4n) is 3.92. The number of phenols is 1. The largest absolute Gasteiger partial charge is 0.508 e. The van der Waals surface area contributed by atoms with E-state index in [1.165, 1.54) is 17.0 Å². The number of ether oxygens (including phenoxy) is 1. The van der Waals surface area contributed by atoms with Gasteiger partial charge in [0, 0.05) is 24.5 Å². The number of ketones is 1. The monoisotopic (exact) mass is 430 g/mol. The summed E-state index contributed by atoms with van der Waals surface area (Å²) in [6.45, 7) is 1.97. The number of methoxy groups -OCH3 is 1. The number of carbonyl (C=O) groups excluding carboxylic acids is 2. The minimum Gasteiger partial charge on any atom is -0.508 e. The predicted octanol–water partition coefficient (Wildman–Crippen LogP) is 3.73. The molecule has 2 N–H and O–H groups in total. The Hall–Kier alpha value is -4.13.